The van der Waals surface area contributed by atoms with Gasteiger partial charge in [0.25, 0.3) is 10.0 Å². The molecule has 1 aliphatic rings. The van der Waals surface area contributed by atoms with E-state index in [0.29, 0.717) is 32.6 Å². The SMILES string of the molecule is CC[C@@H](C(=O)NC1CCCCC1)N(Cc1ccc(Cl)cc1Cl)C(=O)CN(c1cccc(Cl)c1C)S(=O)(=O)c1ccccc1. The first-order chi connectivity index (χ1) is 20.5. The zero-order valence-corrected chi connectivity index (χ0v) is 27.3. The summed E-state index contributed by atoms with van der Waals surface area (Å²) in [6, 6.07) is 16.9. The van der Waals surface area contributed by atoms with Crippen molar-refractivity contribution in [3.63, 3.8) is 0 Å². The van der Waals surface area contributed by atoms with E-state index in [0.717, 1.165) is 36.4 Å². The van der Waals surface area contributed by atoms with Crippen molar-refractivity contribution in [1.82, 2.24) is 10.2 Å². The highest BCUT2D eigenvalue weighted by molar-refractivity contribution is 7.92. The van der Waals surface area contributed by atoms with Gasteiger partial charge in [-0.15, -0.1) is 0 Å². The number of anilines is 1. The van der Waals surface area contributed by atoms with Crippen LogP contribution in [0.5, 0.6) is 0 Å². The van der Waals surface area contributed by atoms with Crippen molar-refractivity contribution < 1.29 is 18.0 Å². The minimum Gasteiger partial charge on any atom is -0.352 e. The molecular weight excluding hydrogens is 629 g/mol. The van der Waals surface area contributed by atoms with Crippen LogP contribution in [0.3, 0.4) is 0 Å². The maximum Gasteiger partial charge on any atom is 0.264 e. The molecule has 0 aliphatic heterocycles. The number of carbonyl (C=O) groups is 2. The van der Waals surface area contributed by atoms with Crippen LogP contribution in [0.4, 0.5) is 5.69 Å². The number of hydrogen-bond acceptors (Lipinski definition) is 4. The van der Waals surface area contributed by atoms with Crippen molar-refractivity contribution in [2.24, 2.45) is 0 Å². The monoisotopic (exact) mass is 663 g/mol. The number of nitrogens with one attached hydrogen (secondary N) is 1. The second-order valence-electron chi connectivity index (χ2n) is 10.7. The lowest BCUT2D eigenvalue weighted by molar-refractivity contribution is -0.140. The van der Waals surface area contributed by atoms with Crippen LogP contribution in [-0.2, 0) is 26.2 Å². The van der Waals surface area contributed by atoms with Gasteiger partial charge in [0.15, 0.2) is 0 Å². The predicted molar refractivity (Wildman–Crippen MR) is 173 cm³/mol. The fourth-order valence-corrected chi connectivity index (χ4v) is 7.53. The summed E-state index contributed by atoms with van der Waals surface area (Å²) in [5, 5.41) is 4.27. The predicted octanol–water partition coefficient (Wildman–Crippen LogP) is 7.41. The van der Waals surface area contributed by atoms with Crippen LogP contribution in [-0.4, -0.2) is 43.8 Å². The zero-order chi connectivity index (χ0) is 31.1. The van der Waals surface area contributed by atoms with Crippen LogP contribution in [0, 0.1) is 6.92 Å². The standard InChI is InChI=1S/C32H36Cl3N3O4S/c1-3-29(32(40)36-25-11-6-4-7-12-25)37(20-23-17-18-24(33)19-28(23)35)31(39)21-38(30-16-10-15-27(34)22(30)2)43(41,42)26-13-8-5-9-14-26/h5,8-10,13-19,25,29H,3-4,6-7,11-12,20-21H2,1-2H3,(H,36,40)/t29-/m0/s1. The van der Waals surface area contributed by atoms with E-state index < -0.39 is 28.5 Å². The van der Waals surface area contributed by atoms with E-state index in [-0.39, 0.29) is 29.1 Å². The number of sulfonamides is 1. The third kappa shape index (κ3) is 8.04. The van der Waals surface area contributed by atoms with E-state index in [1.54, 1.807) is 61.5 Å². The molecule has 4 rings (SSSR count). The van der Waals surface area contributed by atoms with E-state index in [1.807, 2.05) is 6.92 Å². The molecule has 7 nitrogen and oxygen atoms in total. The summed E-state index contributed by atoms with van der Waals surface area (Å²) in [5.41, 5.74) is 1.36. The Hall–Kier alpha value is -2.78. The number of rotatable bonds is 11. The Morgan fingerprint density at radius 2 is 1.63 bits per heavy atom. The van der Waals surface area contributed by atoms with Gasteiger partial charge in [0.05, 0.1) is 10.6 Å². The summed E-state index contributed by atoms with van der Waals surface area (Å²) >= 11 is 19.0. The molecule has 0 aromatic heterocycles. The van der Waals surface area contributed by atoms with Gasteiger partial charge in [0.2, 0.25) is 11.8 Å². The number of amides is 2. The van der Waals surface area contributed by atoms with Gasteiger partial charge in [0, 0.05) is 27.7 Å². The summed E-state index contributed by atoms with van der Waals surface area (Å²) < 4.78 is 29.1. The minimum absolute atomic E-state index is 0.0147. The molecule has 0 bridgehead atoms. The molecule has 11 heteroatoms. The molecule has 230 valence electrons. The van der Waals surface area contributed by atoms with Gasteiger partial charge in [-0.25, -0.2) is 8.42 Å². The summed E-state index contributed by atoms with van der Waals surface area (Å²) in [4.78, 5) is 29.4. The van der Waals surface area contributed by atoms with Gasteiger partial charge in [-0.3, -0.25) is 13.9 Å². The van der Waals surface area contributed by atoms with Gasteiger partial charge < -0.3 is 10.2 Å². The fourth-order valence-electron chi connectivity index (χ4n) is 5.40. The van der Waals surface area contributed by atoms with Crippen LogP contribution >= 0.6 is 34.8 Å². The second kappa shape index (κ2) is 14.8. The molecule has 3 aromatic rings. The molecule has 2 amide bonds. The first-order valence-corrected chi connectivity index (χ1v) is 17.0. The number of benzene rings is 3. The molecule has 43 heavy (non-hydrogen) atoms. The Morgan fingerprint density at radius 3 is 2.28 bits per heavy atom. The second-order valence-corrected chi connectivity index (χ2v) is 13.8. The van der Waals surface area contributed by atoms with Gasteiger partial charge in [-0.05, 0) is 73.7 Å². The maximum atomic E-state index is 14.3. The molecule has 1 N–H and O–H groups in total. The molecule has 0 saturated heterocycles. The average Bonchev–Trinajstić information content (AvgIpc) is 2.99. The van der Waals surface area contributed by atoms with Gasteiger partial charge in [-0.2, -0.15) is 0 Å². The van der Waals surface area contributed by atoms with Crippen LogP contribution in [0.2, 0.25) is 15.1 Å². The molecule has 1 atom stereocenters. The minimum atomic E-state index is -4.20. The van der Waals surface area contributed by atoms with E-state index in [1.165, 1.54) is 17.0 Å². The Balaban J connectivity index is 1.75. The third-order valence-corrected chi connectivity index (χ3v) is 10.6. The molecule has 1 aliphatic carbocycles. The summed E-state index contributed by atoms with van der Waals surface area (Å²) in [6.07, 6.45) is 5.30. The average molecular weight is 665 g/mol. The van der Waals surface area contributed by atoms with Crippen LogP contribution < -0.4 is 9.62 Å². The van der Waals surface area contributed by atoms with Crippen molar-refractivity contribution in [1.29, 1.82) is 0 Å². The first kappa shape index (κ1) is 33.1. The molecule has 1 fully saturated rings. The molecule has 0 unspecified atom stereocenters. The molecule has 0 heterocycles. The van der Waals surface area contributed by atoms with Crippen molar-refractivity contribution in [3.8, 4) is 0 Å². The van der Waals surface area contributed by atoms with Crippen LogP contribution in [0.15, 0.2) is 71.6 Å². The van der Waals surface area contributed by atoms with Crippen molar-refractivity contribution in [2.45, 2.75) is 75.9 Å². The topological polar surface area (TPSA) is 86.8 Å². The highest BCUT2D eigenvalue weighted by atomic mass is 35.5. The van der Waals surface area contributed by atoms with E-state index in [2.05, 4.69) is 5.32 Å². The number of carbonyl (C=O) groups excluding carboxylic acids is 2. The highest BCUT2D eigenvalue weighted by Gasteiger charge is 2.35. The molecular formula is C32H36Cl3N3O4S. The molecule has 1 saturated carbocycles. The summed E-state index contributed by atoms with van der Waals surface area (Å²) in [6.45, 7) is 2.96. The summed E-state index contributed by atoms with van der Waals surface area (Å²) in [5.74, 6) is -0.834. The number of nitrogens with zero attached hydrogens (tertiary/aromatic N) is 2. The number of halogens is 3. The Labute approximate surface area is 269 Å². The van der Waals surface area contributed by atoms with Crippen LogP contribution in [0.25, 0.3) is 0 Å². The first-order valence-electron chi connectivity index (χ1n) is 14.4. The van der Waals surface area contributed by atoms with E-state index >= 15 is 0 Å². The number of hydrogen-bond donors (Lipinski definition) is 1. The third-order valence-electron chi connectivity index (χ3n) is 7.81. The van der Waals surface area contributed by atoms with Crippen molar-refractivity contribution in [2.75, 3.05) is 10.8 Å². The molecule has 0 spiro atoms. The lowest BCUT2D eigenvalue weighted by atomic mass is 9.95. The Kier molecular flexibility index (Phi) is 11.4. The van der Waals surface area contributed by atoms with Crippen molar-refractivity contribution in [3.05, 3.63) is 92.9 Å². The van der Waals surface area contributed by atoms with Gasteiger partial charge >= 0.3 is 0 Å². The Morgan fingerprint density at radius 1 is 0.930 bits per heavy atom. The highest BCUT2D eigenvalue weighted by Crippen LogP contribution is 2.32. The van der Waals surface area contributed by atoms with Gasteiger partial charge in [0.1, 0.15) is 12.6 Å². The van der Waals surface area contributed by atoms with Crippen LogP contribution in [0.1, 0.15) is 56.6 Å². The quantitative estimate of drug-likeness (QED) is 0.231. The fraction of sp³-hybridized carbons (Fsp3) is 0.375. The maximum absolute atomic E-state index is 14.3. The normalized spacial score (nSPS) is 14.6. The van der Waals surface area contributed by atoms with Crippen molar-refractivity contribution >= 4 is 62.3 Å². The van der Waals surface area contributed by atoms with E-state index in [9.17, 15) is 18.0 Å². The largest absolute Gasteiger partial charge is 0.352 e. The lowest BCUT2D eigenvalue weighted by Crippen LogP contribution is -2.54. The zero-order valence-electron chi connectivity index (χ0n) is 24.2. The molecule has 0 radical (unpaired) electrons. The summed E-state index contributed by atoms with van der Waals surface area (Å²) in [7, 11) is -4.20. The lowest BCUT2D eigenvalue weighted by Gasteiger charge is -2.35. The molecule has 3 aromatic carbocycles. The van der Waals surface area contributed by atoms with Gasteiger partial charge in [-0.1, -0.05) is 91.3 Å². The smallest absolute Gasteiger partial charge is 0.264 e. The van der Waals surface area contributed by atoms with E-state index in [4.69, 9.17) is 34.8 Å². The Bertz CT molecular complexity index is 1550.